The van der Waals surface area contributed by atoms with Gasteiger partial charge in [0.1, 0.15) is 0 Å². The minimum absolute atomic E-state index is 0.0839. The molecule has 2 aliphatic heterocycles. The van der Waals surface area contributed by atoms with E-state index in [1.165, 1.54) is 11.1 Å². The Kier molecular flexibility index (Phi) is 5.35. The summed E-state index contributed by atoms with van der Waals surface area (Å²) in [6.07, 6.45) is 2.61. The van der Waals surface area contributed by atoms with Crippen LogP contribution in [0.25, 0.3) is 0 Å². The average molecular weight is 362 g/mol. The zero-order chi connectivity index (χ0) is 18.6. The molecule has 0 atom stereocenters. The summed E-state index contributed by atoms with van der Waals surface area (Å²) in [6.45, 7) is 3.63. The van der Waals surface area contributed by atoms with Crippen LogP contribution in [-0.2, 0) is 17.8 Å². The van der Waals surface area contributed by atoms with Crippen LogP contribution in [0.2, 0.25) is 0 Å². The molecule has 4 rings (SSSR count). The number of nitrogens with zero attached hydrogens (tertiary/aromatic N) is 2. The summed E-state index contributed by atoms with van der Waals surface area (Å²) in [4.78, 5) is 29.5. The molecule has 0 aliphatic carbocycles. The molecule has 0 radical (unpaired) electrons. The molecule has 1 saturated heterocycles. The molecule has 0 aromatic heterocycles. The molecule has 2 aliphatic rings. The highest BCUT2D eigenvalue weighted by Gasteiger charge is 2.28. The maximum absolute atomic E-state index is 12.7. The summed E-state index contributed by atoms with van der Waals surface area (Å²) in [6, 6.07) is 17.9. The van der Waals surface area contributed by atoms with Gasteiger partial charge < -0.3 is 4.90 Å². The van der Waals surface area contributed by atoms with Crippen molar-refractivity contribution < 1.29 is 9.59 Å². The van der Waals surface area contributed by atoms with E-state index in [1.54, 1.807) is 0 Å². The van der Waals surface area contributed by atoms with Crippen molar-refractivity contribution in [1.29, 1.82) is 0 Å². The van der Waals surface area contributed by atoms with Crippen molar-refractivity contribution in [2.75, 3.05) is 26.2 Å². The lowest BCUT2D eigenvalue weighted by Crippen LogP contribution is -2.45. The van der Waals surface area contributed by atoms with Gasteiger partial charge in [-0.3, -0.25) is 14.5 Å². The summed E-state index contributed by atoms with van der Waals surface area (Å²) in [7, 11) is 0. The standard InChI is InChI=1S/C23H26N2O2/c26-22(25-15-12-18-6-4-5-9-21(18)16-25)17-24-13-10-20(11-14-24)23(27)19-7-2-1-3-8-19/h1-9,20H,10-17H2. The summed E-state index contributed by atoms with van der Waals surface area (Å²) >= 11 is 0. The zero-order valence-electron chi connectivity index (χ0n) is 15.6. The highest BCUT2D eigenvalue weighted by Crippen LogP contribution is 2.23. The molecule has 0 N–H and O–H groups in total. The normalized spacial score (nSPS) is 18.1. The van der Waals surface area contributed by atoms with Crippen LogP contribution in [0.5, 0.6) is 0 Å². The van der Waals surface area contributed by atoms with Crippen LogP contribution in [0, 0.1) is 5.92 Å². The Labute approximate surface area is 160 Å². The quantitative estimate of drug-likeness (QED) is 0.785. The van der Waals surface area contributed by atoms with Crippen LogP contribution in [0.1, 0.15) is 34.3 Å². The van der Waals surface area contributed by atoms with Gasteiger partial charge in [0.05, 0.1) is 6.54 Å². The fourth-order valence-corrected chi connectivity index (χ4v) is 4.19. The Morgan fingerprint density at radius 2 is 1.52 bits per heavy atom. The molecule has 27 heavy (non-hydrogen) atoms. The Morgan fingerprint density at radius 3 is 2.26 bits per heavy atom. The van der Waals surface area contributed by atoms with Gasteiger partial charge >= 0.3 is 0 Å². The number of piperidine rings is 1. The summed E-state index contributed by atoms with van der Waals surface area (Å²) < 4.78 is 0. The fraction of sp³-hybridized carbons (Fsp3) is 0.391. The van der Waals surface area contributed by atoms with Gasteiger partial charge in [-0.2, -0.15) is 0 Å². The lowest BCUT2D eigenvalue weighted by molar-refractivity contribution is -0.133. The van der Waals surface area contributed by atoms with Crippen molar-refractivity contribution in [3.05, 3.63) is 71.3 Å². The number of hydrogen-bond donors (Lipinski definition) is 0. The number of likely N-dealkylation sites (tertiary alicyclic amines) is 1. The summed E-state index contributed by atoms with van der Waals surface area (Å²) in [5.41, 5.74) is 3.44. The molecule has 1 fully saturated rings. The molecule has 0 bridgehead atoms. The number of fused-ring (bicyclic) bond motifs is 1. The Morgan fingerprint density at radius 1 is 0.852 bits per heavy atom. The van der Waals surface area contributed by atoms with Gasteiger partial charge in [0, 0.05) is 24.6 Å². The molecule has 2 heterocycles. The highest BCUT2D eigenvalue weighted by atomic mass is 16.2. The van der Waals surface area contributed by atoms with E-state index in [-0.39, 0.29) is 17.6 Å². The molecule has 2 aromatic rings. The van der Waals surface area contributed by atoms with Crippen molar-refractivity contribution in [1.82, 2.24) is 9.80 Å². The van der Waals surface area contributed by atoms with E-state index in [1.807, 2.05) is 41.3 Å². The number of carbonyl (C=O) groups excluding carboxylic acids is 2. The van der Waals surface area contributed by atoms with Crippen molar-refractivity contribution in [3.8, 4) is 0 Å². The van der Waals surface area contributed by atoms with Crippen LogP contribution in [0.3, 0.4) is 0 Å². The molecular weight excluding hydrogens is 336 g/mol. The number of Topliss-reactive ketones (excluding diaryl/α,β-unsaturated/α-hetero) is 1. The zero-order valence-corrected chi connectivity index (χ0v) is 15.6. The van der Waals surface area contributed by atoms with Crippen LogP contribution in [-0.4, -0.2) is 47.7 Å². The number of amides is 1. The van der Waals surface area contributed by atoms with Crippen molar-refractivity contribution >= 4 is 11.7 Å². The third-order valence-corrected chi connectivity index (χ3v) is 5.86. The number of hydrogen-bond acceptors (Lipinski definition) is 3. The predicted molar refractivity (Wildman–Crippen MR) is 105 cm³/mol. The smallest absolute Gasteiger partial charge is 0.237 e. The van der Waals surface area contributed by atoms with Crippen molar-refractivity contribution in [2.24, 2.45) is 5.92 Å². The monoisotopic (exact) mass is 362 g/mol. The van der Waals surface area contributed by atoms with Gasteiger partial charge in [-0.15, -0.1) is 0 Å². The van der Waals surface area contributed by atoms with Crippen LogP contribution >= 0.6 is 0 Å². The second kappa shape index (κ2) is 8.05. The molecule has 4 heteroatoms. The first-order valence-electron chi connectivity index (χ1n) is 9.87. The number of rotatable bonds is 4. The maximum atomic E-state index is 12.7. The molecular formula is C23H26N2O2. The molecule has 0 saturated carbocycles. The average Bonchev–Trinajstić information content (AvgIpc) is 2.74. The Balaban J connectivity index is 1.28. The minimum Gasteiger partial charge on any atom is -0.337 e. The molecule has 1 amide bonds. The Bertz CT molecular complexity index is 810. The summed E-state index contributed by atoms with van der Waals surface area (Å²) in [5.74, 6) is 0.534. The van der Waals surface area contributed by atoms with Gasteiger partial charge in [-0.1, -0.05) is 54.6 Å². The van der Waals surface area contributed by atoms with Crippen LogP contribution < -0.4 is 0 Å². The minimum atomic E-state index is 0.0839. The van der Waals surface area contributed by atoms with Gasteiger partial charge in [-0.05, 0) is 43.5 Å². The first kappa shape index (κ1) is 17.9. The topological polar surface area (TPSA) is 40.6 Å². The molecule has 2 aromatic carbocycles. The SMILES string of the molecule is O=C(c1ccccc1)C1CCN(CC(=O)N2CCc3ccccc3C2)CC1. The second-order valence-electron chi connectivity index (χ2n) is 7.61. The largest absolute Gasteiger partial charge is 0.337 e. The molecule has 4 nitrogen and oxygen atoms in total. The molecule has 140 valence electrons. The van der Waals surface area contributed by atoms with E-state index in [0.29, 0.717) is 6.54 Å². The van der Waals surface area contributed by atoms with Crippen LogP contribution in [0.4, 0.5) is 0 Å². The van der Waals surface area contributed by atoms with E-state index >= 15 is 0 Å². The lowest BCUT2D eigenvalue weighted by Gasteiger charge is -2.34. The third kappa shape index (κ3) is 4.11. The lowest BCUT2D eigenvalue weighted by atomic mass is 9.89. The van der Waals surface area contributed by atoms with Gasteiger partial charge in [-0.25, -0.2) is 0 Å². The van der Waals surface area contributed by atoms with Gasteiger partial charge in [0.2, 0.25) is 5.91 Å². The van der Waals surface area contributed by atoms with E-state index < -0.39 is 0 Å². The van der Waals surface area contributed by atoms with Gasteiger partial charge in [0.15, 0.2) is 5.78 Å². The van der Waals surface area contributed by atoms with E-state index in [9.17, 15) is 9.59 Å². The predicted octanol–water partition coefficient (Wildman–Crippen LogP) is 3.17. The first-order valence-corrected chi connectivity index (χ1v) is 9.87. The van der Waals surface area contributed by atoms with E-state index in [2.05, 4.69) is 23.1 Å². The molecule has 0 spiro atoms. The second-order valence-corrected chi connectivity index (χ2v) is 7.61. The molecule has 0 unspecified atom stereocenters. The highest BCUT2D eigenvalue weighted by molar-refractivity contribution is 5.97. The van der Waals surface area contributed by atoms with E-state index in [0.717, 1.165) is 51.0 Å². The fourth-order valence-electron chi connectivity index (χ4n) is 4.19. The van der Waals surface area contributed by atoms with E-state index in [4.69, 9.17) is 0 Å². The van der Waals surface area contributed by atoms with Crippen molar-refractivity contribution in [2.45, 2.75) is 25.8 Å². The third-order valence-electron chi connectivity index (χ3n) is 5.86. The maximum Gasteiger partial charge on any atom is 0.237 e. The van der Waals surface area contributed by atoms with Crippen molar-refractivity contribution in [3.63, 3.8) is 0 Å². The Hall–Kier alpha value is -2.46. The number of benzene rings is 2. The van der Waals surface area contributed by atoms with Crippen LogP contribution in [0.15, 0.2) is 54.6 Å². The number of carbonyl (C=O) groups is 2. The summed E-state index contributed by atoms with van der Waals surface area (Å²) in [5, 5.41) is 0. The van der Waals surface area contributed by atoms with Gasteiger partial charge in [0.25, 0.3) is 0 Å². The first-order chi connectivity index (χ1) is 13.2. The number of ketones is 1.